The van der Waals surface area contributed by atoms with E-state index < -0.39 is 0 Å². The van der Waals surface area contributed by atoms with Crippen LogP contribution in [0, 0.1) is 18.3 Å². The van der Waals surface area contributed by atoms with E-state index in [-0.39, 0.29) is 5.75 Å². The Labute approximate surface area is 94.4 Å². The minimum atomic E-state index is -0.00244. The first-order valence-electron chi connectivity index (χ1n) is 4.98. The molecular formula is C14H10NO. The van der Waals surface area contributed by atoms with E-state index in [1.54, 1.807) is 24.3 Å². The van der Waals surface area contributed by atoms with Crippen LogP contribution < -0.4 is 0 Å². The number of aryl methyl sites for hydroxylation is 1. The third-order valence-corrected chi connectivity index (χ3v) is 2.38. The molecule has 0 bridgehead atoms. The number of hydrogen-bond donors (Lipinski definition) is 0. The van der Waals surface area contributed by atoms with Gasteiger partial charge in [0.05, 0.1) is 11.6 Å². The summed E-state index contributed by atoms with van der Waals surface area (Å²) in [4.78, 5) is 0. The molecule has 0 N–H and O–H groups in total. The Morgan fingerprint density at radius 3 is 2.56 bits per heavy atom. The van der Waals surface area contributed by atoms with Crippen LogP contribution in [0.1, 0.15) is 11.1 Å². The maximum atomic E-state index is 11.4. The van der Waals surface area contributed by atoms with Crippen LogP contribution in [0.25, 0.3) is 11.1 Å². The van der Waals surface area contributed by atoms with Gasteiger partial charge in [-0.2, -0.15) is 5.26 Å². The summed E-state index contributed by atoms with van der Waals surface area (Å²) in [5.41, 5.74) is 3.30. The third kappa shape index (κ3) is 2.04. The Morgan fingerprint density at radius 2 is 1.88 bits per heavy atom. The molecule has 0 heterocycles. The molecular weight excluding hydrogens is 198 g/mol. The minimum Gasteiger partial charge on any atom is -0.290 e. The molecule has 16 heavy (non-hydrogen) atoms. The zero-order valence-electron chi connectivity index (χ0n) is 8.90. The van der Waals surface area contributed by atoms with Crippen LogP contribution in [0.3, 0.4) is 0 Å². The van der Waals surface area contributed by atoms with Gasteiger partial charge in [-0.05, 0) is 47.9 Å². The molecule has 2 aromatic rings. The van der Waals surface area contributed by atoms with E-state index in [1.807, 2.05) is 25.1 Å². The van der Waals surface area contributed by atoms with Gasteiger partial charge in [0, 0.05) is 0 Å². The van der Waals surface area contributed by atoms with Gasteiger partial charge in [-0.3, -0.25) is 5.11 Å². The topological polar surface area (TPSA) is 43.7 Å². The fourth-order valence-electron chi connectivity index (χ4n) is 1.68. The molecule has 2 nitrogen and oxygen atoms in total. The second kappa shape index (κ2) is 4.08. The molecule has 0 aliphatic rings. The van der Waals surface area contributed by atoms with E-state index in [9.17, 15) is 5.11 Å². The summed E-state index contributed by atoms with van der Waals surface area (Å²) < 4.78 is 0. The smallest absolute Gasteiger partial charge is 0.179 e. The van der Waals surface area contributed by atoms with Crippen molar-refractivity contribution in [1.82, 2.24) is 0 Å². The molecule has 0 spiro atoms. The number of nitriles is 1. The Hall–Kier alpha value is -2.27. The first kappa shape index (κ1) is 10.3. The Balaban J connectivity index is 2.54. The molecule has 77 valence electrons. The highest BCUT2D eigenvalue weighted by atomic mass is 16.3. The van der Waals surface area contributed by atoms with Crippen molar-refractivity contribution in [2.24, 2.45) is 0 Å². The van der Waals surface area contributed by atoms with Crippen LogP contribution >= 0.6 is 0 Å². The summed E-state index contributed by atoms with van der Waals surface area (Å²) in [6.07, 6.45) is 0. The molecule has 2 rings (SSSR count). The highest BCUT2D eigenvalue weighted by Gasteiger charge is 2.02. The van der Waals surface area contributed by atoms with Crippen molar-refractivity contribution in [3.8, 4) is 22.9 Å². The van der Waals surface area contributed by atoms with E-state index in [0.29, 0.717) is 5.56 Å². The van der Waals surface area contributed by atoms with Crippen molar-refractivity contribution in [3.63, 3.8) is 0 Å². The molecule has 0 fully saturated rings. The average Bonchev–Trinajstić information content (AvgIpc) is 2.28. The van der Waals surface area contributed by atoms with Gasteiger partial charge in [-0.25, -0.2) is 0 Å². The predicted octanol–water partition coefficient (Wildman–Crippen LogP) is 3.68. The number of nitrogens with zero attached hydrogens (tertiary/aromatic N) is 1. The van der Waals surface area contributed by atoms with E-state index >= 15 is 0 Å². The number of hydrogen-bond acceptors (Lipinski definition) is 1. The second-order valence-corrected chi connectivity index (χ2v) is 3.73. The third-order valence-electron chi connectivity index (χ3n) is 2.38. The molecule has 2 heteroatoms. The van der Waals surface area contributed by atoms with Crippen molar-refractivity contribution in [2.75, 3.05) is 0 Å². The molecule has 2 aromatic carbocycles. The standard InChI is InChI=1S/C14H10NO/c1-10-5-13(8-14(16)6-10)12-4-2-3-11(7-12)9-15/h2-8H,1H3. The maximum Gasteiger partial charge on any atom is 0.179 e. The first-order valence-corrected chi connectivity index (χ1v) is 4.98. The molecule has 0 unspecified atom stereocenters. The lowest BCUT2D eigenvalue weighted by atomic mass is 10.0. The van der Waals surface area contributed by atoms with Gasteiger partial charge < -0.3 is 0 Å². The summed E-state index contributed by atoms with van der Waals surface area (Å²) in [5, 5.41) is 20.2. The van der Waals surface area contributed by atoms with Crippen LogP contribution in [0.2, 0.25) is 0 Å². The normalized spacial score (nSPS) is 9.75. The van der Waals surface area contributed by atoms with Crippen LogP contribution in [-0.2, 0) is 5.11 Å². The molecule has 0 aromatic heterocycles. The van der Waals surface area contributed by atoms with Gasteiger partial charge in [0.1, 0.15) is 0 Å². The lowest BCUT2D eigenvalue weighted by Gasteiger charge is -2.03. The van der Waals surface area contributed by atoms with Crippen molar-refractivity contribution < 1.29 is 5.11 Å². The molecule has 1 radical (unpaired) electrons. The minimum absolute atomic E-state index is 0.00244. The van der Waals surface area contributed by atoms with Crippen molar-refractivity contribution in [1.29, 1.82) is 5.26 Å². The average molecular weight is 208 g/mol. The number of rotatable bonds is 1. The van der Waals surface area contributed by atoms with Gasteiger partial charge in [-0.1, -0.05) is 18.2 Å². The maximum absolute atomic E-state index is 11.4. The molecule has 0 saturated heterocycles. The fraction of sp³-hybridized carbons (Fsp3) is 0.0714. The van der Waals surface area contributed by atoms with Crippen LogP contribution in [0.15, 0.2) is 42.5 Å². The second-order valence-electron chi connectivity index (χ2n) is 3.73. The summed E-state index contributed by atoms with van der Waals surface area (Å²) >= 11 is 0. The van der Waals surface area contributed by atoms with Gasteiger partial charge in [0.25, 0.3) is 0 Å². The monoisotopic (exact) mass is 208 g/mol. The van der Waals surface area contributed by atoms with Crippen molar-refractivity contribution in [3.05, 3.63) is 53.6 Å². The molecule has 0 aliphatic heterocycles. The van der Waals surface area contributed by atoms with Crippen LogP contribution in [0.5, 0.6) is 5.75 Å². The van der Waals surface area contributed by atoms with E-state index in [1.165, 1.54) is 0 Å². The van der Waals surface area contributed by atoms with Gasteiger partial charge >= 0.3 is 0 Å². The quantitative estimate of drug-likeness (QED) is 0.704. The van der Waals surface area contributed by atoms with E-state index in [0.717, 1.165) is 16.7 Å². The van der Waals surface area contributed by atoms with Crippen LogP contribution in [0.4, 0.5) is 0 Å². The van der Waals surface area contributed by atoms with E-state index in [4.69, 9.17) is 5.26 Å². The lowest BCUT2D eigenvalue weighted by molar-refractivity contribution is 0.355. The fourth-order valence-corrected chi connectivity index (χ4v) is 1.68. The summed E-state index contributed by atoms with van der Waals surface area (Å²) in [6.45, 7) is 1.89. The van der Waals surface area contributed by atoms with E-state index in [2.05, 4.69) is 6.07 Å². The summed E-state index contributed by atoms with van der Waals surface area (Å²) in [6, 6.07) is 14.5. The molecule has 0 atom stereocenters. The predicted molar refractivity (Wildman–Crippen MR) is 61.5 cm³/mol. The highest BCUT2D eigenvalue weighted by Crippen LogP contribution is 2.26. The van der Waals surface area contributed by atoms with Crippen molar-refractivity contribution >= 4 is 0 Å². The van der Waals surface area contributed by atoms with Gasteiger partial charge in [0.15, 0.2) is 5.75 Å². The molecule has 0 saturated carbocycles. The van der Waals surface area contributed by atoms with Crippen molar-refractivity contribution in [2.45, 2.75) is 6.92 Å². The summed E-state index contributed by atoms with van der Waals surface area (Å²) in [7, 11) is 0. The largest absolute Gasteiger partial charge is 0.290 e. The molecule has 0 aliphatic carbocycles. The lowest BCUT2D eigenvalue weighted by Crippen LogP contribution is -1.81. The van der Waals surface area contributed by atoms with Gasteiger partial charge in [0.2, 0.25) is 0 Å². The molecule has 0 amide bonds. The number of benzene rings is 2. The first-order chi connectivity index (χ1) is 7.69. The Morgan fingerprint density at radius 1 is 1.06 bits per heavy atom. The summed E-state index contributed by atoms with van der Waals surface area (Å²) in [5.74, 6) is -0.00244. The zero-order chi connectivity index (χ0) is 11.5. The van der Waals surface area contributed by atoms with Crippen LogP contribution in [-0.4, -0.2) is 0 Å². The zero-order valence-corrected chi connectivity index (χ0v) is 8.90. The van der Waals surface area contributed by atoms with Gasteiger partial charge in [-0.15, -0.1) is 0 Å². The Kier molecular flexibility index (Phi) is 2.61. The highest BCUT2D eigenvalue weighted by molar-refractivity contribution is 5.67. The SMILES string of the molecule is Cc1cc([O])cc(-c2cccc(C#N)c2)c1. The Bertz CT molecular complexity index is 547.